The molecule has 1 aromatic heterocycles. The van der Waals surface area contributed by atoms with Gasteiger partial charge in [0.05, 0.1) is 18.4 Å². The van der Waals surface area contributed by atoms with Crippen molar-refractivity contribution >= 4 is 11.5 Å². The highest BCUT2D eigenvalue weighted by Crippen LogP contribution is 2.18. The predicted molar refractivity (Wildman–Crippen MR) is 59.8 cm³/mol. The van der Waals surface area contributed by atoms with E-state index in [2.05, 4.69) is 10.3 Å². The summed E-state index contributed by atoms with van der Waals surface area (Å²) in [7, 11) is 1.54. The zero-order valence-corrected chi connectivity index (χ0v) is 9.03. The van der Waals surface area contributed by atoms with E-state index in [4.69, 9.17) is 10.5 Å². The van der Waals surface area contributed by atoms with Crippen molar-refractivity contribution in [2.75, 3.05) is 31.3 Å². The molecular weight excluding hydrogens is 194 g/mol. The van der Waals surface area contributed by atoms with E-state index in [1.807, 2.05) is 13.0 Å². The molecule has 0 aromatic carbocycles. The summed E-state index contributed by atoms with van der Waals surface area (Å²) in [4.78, 5) is 4.08. The molecule has 0 aliphatic heterocycles. The Hall–Kier alpha value is -1.33. The van der Waals surface area contributed by atoms with E-state index in [0.717, 1.165) is 5.56 Å². The summed E-state index contributed by atoms with van der Waals surface area (Å²) >= 11 is 0. The predicted octanol–water partition coefficient (Wildman–Crippen LogP) is 0.391. The Bertz CT molecular complexity index is 318. The molecule has 1 unspecified atom stereocenters. The minimum Gasteiger partial charge on any atom is -0.396 e. The number of anilines is 2. The van der Waals surface area contributed by atoms with Gasteiger partial charge in [-0.05, 0) is 18.6 Å². The number of rotatable bonds is 5. The molecule has 0 aliphatic carbocycles. The minimum atomic E-state index is -0.559. The molecule has 0 saturated carbocycles. The smallest absolute Gasteiger partial charge is 0.149 e. The molecule has 1 aromatic rings. The van der Waals surface area contributed by atoms with E-state index in [1.54, 1.807) is 13.3 Å². The summed E-state index contributed by atoms with van der Waals surface area (Å²) in [6, 6.07) is 1.84. The molecule has 0 bridgehead atoms. The number of hydrogen-bond donors (Lipinski definition) is 3. The van der Waals surface area contributed by atoms with Crippen molar-refractivity contribution in [2.45, 2.75) is 13.0 Å². The number of aromatic nitrogens is 1. The largest absolute Gasteiger partial charge is 0.396 e. The number of pyridine rings is 1. The number of methoxy groups -OCH3 is 1. The van der Waals surface area contributed by atoms with Crippen LogP contribution in [0.1, 0.15) is 5.56 Å². The van der Waals surface area contributed by atoms with E-state index in [-0.39, 0.29) is 0 Å². The zero-order chi connectivity index (χ0) is 11.3. The molecule has 0 aliphatic rings. The Morgan fingerprint density at radius 1 is 1.67 bits per heavy atom. The summed E-state index contributed by atoms with van der Waals surface area (Å²) in [6.07, 6.45) is 1.12. The van der Waals surface area contributed by atoms with Gasteiger partial charge in [0, 0.05) is 19.9 Å². The molecule has 1 rings (SSSR count). The standard InChI is InChI=1S/C10H17N3O2/c1-7-3-4-12-10(9(7)11)13-5-8(14)6-15-2/h3-4,8,14H,5-6,11H2,1-2H3,(H,12,13). The van der Waals surface area contributed by atoms with Gasteiger partial charge in [-0.25, -0.2) is 4.98 Å². The lowest BCUT2D eigenvalue weighted by atomic mass is 10.2. The normalized spacial score (nSPS) is 12.5. The van der Waals surface area contributed by atoms with Crippen LogP contribution in [0.5, 0.6) is 0 Å². The lowest BCUT2D eigenvalue weighted by molar-refractivity contribution is 0.0727. The summed E-state index contributed by atoms with van der Waals surface area (Å²) in [5.41, 5.74) is 7.38. The lowest BCUT2D eigenvalue weighted by Crippen LogP contribution is -2.24. The van der Waals surface area contributed by atoms with Crippen LogP contribution in [0.15, 0.2) is 12.3 Å². The van der Waals surface area contributed by atoms with Crippen molar-refractivity contribution in [2.24, 2.45) is 0 Å². The van der Waals surface area contributed by atoms with Gasteiger partial charge in [-0.2, -0.15) is 0 Å². The van der Waals surface area contributed by atoms with Crippen LogP contribution in [-0.4, -0.2) is 36.5 Å². The number of aliphatic hydroxyl groups excluding tert-OH is 1. The van der Waals surface area contributed by atoms with E-state index in [1.165, 1.54) is 0 Å². The maximum Gasteiger partial charge on any atom is 0.149 e. The Morgan fingerprint density at radius 2 is 2.40 bits per heavy atom. The Labute approximate surface area is 89.3 Å². The van der Waals surface area contributed by atoms with Crippen LogP contribution < -0.4 is 11.1 Å². The van der Waals surface area contributed by atoms with Crippen LogP contribution in [-0.2, 0) is 4.74 Å². The fraction of sp³-hybridized carbons (Fsp3) is 0.500. The average Bonchev–Trinajstić information content (AvgIpc) is 2.21. The summed E-state index contributed by atoms with van der Waals surface area (Å²) in [6.45, 7) is 2.57. The van der Waals surface area contributed by atoms with Crippen LogP contribution in [0.3, 0.4) is 0 Å². The first-order valence-electron chi connectivity index (χ1n) is 4.77. The molecule has 0 radical (unpaired) electrons. The summed E-state index contributed by atoms with van der Waals surface area (Å²) in [5.74, 6) is 0.602. The van der Waals surface area contributed by atoms with Gasteiger partial charge in [0.15, 0.2) is 0 Å². The number of nitrogens with two attached hydrogens (primary N) is 1. The Balaban J connectivity index is 2.54. The average molecular weight is 211 g/mol. The third kappa shape index (κ3) is 3.38. The van der Waals surface area contributed by atoms with Crippen LogP contribution in [0, 0.1) is 6.92 Å². The molecule has 1 heterocycles. The first kappa shape index (κ1) is 11.7. The number of ether oxygens (including phenoxy) is 1. The van der Waals surface area contributed by atoms with Gasteiger partial charge in [0.1, 0.15) is 5.82 Å². The van der Waals surface area contributed by atoms with Gasteiger partial charge in [-0.3, -0.25) is 0 Å². The number of aliphatic hydroxyl groups is 1. The van der Waals surface area contributed by atoms with Crippen molar-refractivity contribution in [3.05, 3.63) is 17.8 Å². The van der Waals surface area contributed by atoms with Gasteiger partial charge in [0.2, 0.25) is 0 Å². The number of aryl methyl sites for hydroxylation is 1. The zero-order valence-electron chi connectivity index (χ0n) is 9.03. The molecule has 0 spiro atoms. The fourth-order valence-electron chi connectivity index (χ4n) is 1.18. The molecule has 0 saturated heterocycles. The Kier molecular flexibility index (Phi) is 4.33. The SMILES string of the molecule is COCC(O)CNc1nccc(C)c1N. The molecule has 0 amide bonds. The van der Waals surface area contributed by atoms with Crippen molar-refractivity contribution in [1.82, 2.24) is 4.98 Å². The van der Waals surface area contributed by atoms with Gasteiger partial charge >= 0.3 is 0 Å². The van der Waals surface area contributed by atoms with Gasteiger partial charge in [-0.15, -0.1) is 0 Å². The van der Waals surface area contributed by atoms with E-state index < -0.39 is 6.10 Å². The van der Waals surface area contributed by atoms with Crippen LogP contribution in [0.2, 0.25) is 0 Å². The second-order valence-corrected chi connectivity index (χ2v) is 3.38. The third-order valence-corrected chi connectivity index (χ3v) is 2.07. The van der Waals surface area contributed by atoms with E-state index in [0.29, 0.717) is 24.7 Å². The van der Waals surface area contributed by atoms with Gasteiger partial charge in [0.25, 0.3) is 0 Å². The van der Waals surface area contributed by atoms with Crippen molar-refractivity contribution in [1.29, 1.82) is 0 Å². The van der Waals surface area contributed by atoms with Crippen molar-refractivity contribution < 1.29 is 9.84 Å². The highest BCUT2D eigenvalue weighted by Gasteiger charge is 2.06. The van der Waals surface area contributed by atoms with E-state index >= 15 is 0 Å². The first-order chi connectivity index (χ1) is 7.15. The molecule has 5 nitrogen and oxygen atoms in total. The Morgan fingerprint density at radius 3 is 3.07 bits per heavy atom. The van der Waals surface area contributed by atoms with E-state index in [9.17, 15) is 5.11 Å². The third-order valence-electron chi connectivity index (χ3n) is 2.07. The van der Waals surface area contributed by atoms with Crippen LogP contribution in [0.25, 0.3) is 0 Å². The monoisotopic (exact) mass is 211 g/mol. The summed E-state index contributed by atoms with van der Waals surface area (Å²) < 4.78 is 4.80. The maximum atomic E-state index is 9.41. The fourth-order valence-corrected chi connectivity index (χ4v) is 1.18. The number of nitrogen functional groups attached to an aromatic ring is 1. The molecule has 4 N–H and O–H groups in total. The number of nitrogens with one attached hydrogen (secondary N) is 1. The topological polar surface area (TPSA) is 80.4 Å². The van der Waals surface area contributed by atoms with Crippen molar-refractivity contribution in [3.63, 3.8) is 0 Å². The molecule has 84 valence electrons. The molecule has 5 heteroatoms. The summed E-state index contributed by atoms with van der Waals surface area (Å²) in [5, 5.41) is 12.4. The second kappa shape index (κ2) is 5.53. The van der Waals surface area contributed by atoms with Crippen LogP contribution >= 0.6 is 0 Å². The minimum absolute atomic E-state index is 0.290. The number of nitrogens with zero attached hydrogens (tertiary/aromatic N) is 1. The quantitative estimate of drug-likeness (QED) is 0.656. The highest BCUT2D eigenvalue weighted by atomic mass is 16.5. The molecule has 1 atom stereocenters. The molecule has 0 fully saturated rings. The lowest BCUT2D eigenvalue weighted by Gasteiger charge is -2.13. The second-order valence-electron chi connectivity index (χ2n) is 3.38. The van der Waals surface area contributed by atoms with Crippen molar-refractivity contribution in [3.8, 4) is 0 Å². The van der Waals surface area contributed by atoms with Crippen LogP contribution in [0.4, 0.5) is 11.5 Å². The molecular formula is C10H17N3O2. The van der Waals surface area contributed by atoms with Gasteiger partial charge < -0.3 is 20.9 Å². The highest BCUT2D eigenvalue weighted by molar-refractivity contribution is 5.64. The van der Waals surface area contributed by atoms with Gasteiger partial charge in [-0.1, -0.05) is 0 Å². The number of hydrogen-bond acceptors (Lipinski definition) is 5. The maximum absolute atomic E-state index is 9.41. The first-order valence-corrected chi connectivity index (χ1v) is 4.77. The molecule has 15 heavy (non-hydrogen) atoms.